The van der Waals surface area contributed by atoms with Crippen molar-refractivity contribution in [1.82, 2.24) is 20.6 Å². The van der Waals surface area contributed by atoms with Gasteiger partial charge in [0.1, 0.15) is 0 Å². The van der Waals surface area contributed by atoms with E-state index in [1.54, 1.807) is 0 Å². The molecule has 0 aliphatic carbocycles. The molecule has 1 heterocycles. The smallest absolute Gasteiger partial charge is 0.177 e. The minimum Gasteiger partial charge on any atom is -0.177 e. The van der Waals surface area contributed by atoms with Crippen LogP contribution in [0.5, 0.6) is 0 Å². The summed E-state index contributed by atoms with van der Waals surface area (Å²) in [6.45, 7) is 3.72. The molecule has 0 amide bonds. The van der Waals surface area contributed by atoms with Gasteiger partial charge in [0.05, 0.1) is 5.41 Å². The predicted octanol–water partition coefficient (Wildman–Crippen LogP) is 0.110. The lowest BCUT2D eigenvalue weighted by Crippen LogP contribution is -2.15. The maximum Gasteiger partial charge on any atom is 0.191 e. The standard InChI is InChI=1S/C6H8N4/c1-4-6(2,3)5-7-9-10-8-5/h1H,2-3H3,(H,7,8,9,10). The first-order chi connectivity index (χ1) is 4.67. The maximum atomic E-state index is 5.23. The van der Waals surface area contributed by atoms with Gasteiger partial charge in [0.25, 0.3) is 0 Å². The van der Waals surface area contributed by atoms with Crippen LogP contribution in [0.3, 0.4) is 0 Å². The topological polar surface area (TPSA) is 54.5 Å². The number of H-pyrrole nitrogens is 1. The summed E-state index contributed by atoms with van der Waals surface area (Å²) in [6, 6.07) is 0. The molecule has 0 atom stereocenters. The van der Waals surface area contributed by atoms with E-state index in [1.807, 2.05) is 13.8 Å². The van der Waals surface area contributed by atoms with Gasteiger partial charge in [-0.05, 0) is 13.8 Å². The van der Waals surface area contributed by atoms with Gasteiger partial charge in [0, 0.05) is 0 Å². The lowest BCUT2D eigenvalue weighted by Gasteiger charge is -2.09. The minimum absolute atomic E-state index is 0.424. The lowest BCUT2D eigenvalue weighted by atomic mass is 9.94. The third-order valence-electron chi connectivity index (χ3n) is 1.27. The molecule has 4 nitrogen and oxygen atoms in total. The second-order valence-corrected chi connectivity index (χ2v) is 2.50. The van der Waals surface area contributed by atoms with Crippen molar-refractivity contribution in [2.24, 2.45) is 0 Å². The number of hydrogen-bond acceptors (Lipinski definition) is 3. The minimum atomic E-state index is -0.424. The fourth-order valence-electron chi connectivity index (χ4n) is 0.491. The second-order valence-electron chi connectivity index (χ2n) is 2.50. The number of aromatic amines is 1. The van der Waals surface area contributed by atoms with Gasteiger partial charge in [-0.25, -0.2) is 0 Å². The van der Waals surface area contributed by atoms with Crippen molar-refractivity contribution in [3.63, 3.8) is 0 Å². The second kappa shape index (κ2) is 2.10. The molecular formula is C6H8N4. The van der Waals surface area contributed by atoms with Crippen molar-refractivity contribution < 1.29 is 0 Å². The highest BCUT2D eigenvalue weighted by atomic mass is 15.5. The van der Waals surface area contributed by atoms with Crippen LogP contribution in [0.25, 0.3) is 0 Å². The van der Waals surface area contributed by atoms with E-state index in [2.05, 4.69) is 26.5 Å². The van der Waals surface area contributed by atoms with Crippen LogP contribution >= 0.6 is 0 Å². The highest BCUT2D eigenvalue weighted by Gasteiger charge is 2.21. The number of terminal acetylenes is 1. The molecule has 0 radical (unpaired) electrons. The van der Waals surface area contributed by atoms with Crippen molar-refractivity contribution in [3.8, 4) is 12.3 Å². The molecular weight excluding hydrogens is 128 g/mol. The zero-order chi connectivity index (χ0) is 7.61. The molecule has 1 aromatic heterocycles. The van der Waals surface area contributed by atoms with Gasteiger partial charge in [-0.15, -0.1) is 16.6 Å². The predicted molar refractivity (Wildman–Crippen MR) is 36.0 cm³/mol. The van der Waals surface area contributed by atoms with Crippen LogP contribution in [0.15, 0.2) is 0 Å². The monoisotopic (exact) mass is 136 g/mol. The summed E-state index contributed by atoms with van der Waals surface area (Å²) in [5, 5.41) is 13.3. The highest BCUT2D eigenvalue weighted by molar-refractivity contribution is 5.17. The number of tetrazole rings is 1. The van der Waals surface area contributed by atoms with Crippen molar-refractivity contribution in [1.29, 1.82) is 0 Å². The molecule has 1 N–H and O–H groups in total. The van der Waals surface area contributed by atoms with Crippen molar-refractivity contribution in [2.75, 3.05) is 0 Å². The van der Waals surface area contributed by atoms with Gasteiger partial charge in [-0.1, -0.05) is 11.1 Å². The number of hydrogen-bond donors (Lipinski definition) is 1. The molecule has 1 aromatic rings. The summed E-state index contributed by atoms with van der Waals surface area (Å²) in [5.41, 5.74) is -0.424. The molecule has 0 unspecified atom stereocenters. The molecule has 0 bridgehead atoms. The number of nitrogens with zero attached hydrogens (tertiary/aromatic N) is 3. The average molecular weight is 136 g/mol. The Morgan fingerprint density at radius 1 is 1.60 bits per heavy atom. The Labute approximate surface area is 59.0 Å². The molecule has 4 heteroatoms. The normalized spacial score (nSPS) is 10.9. The quantitative estimate of drug-likeness (QED) is 0.557. The molecule has 0 saturated heterocycles. The summed E-state index contributed by atoms with van der Waals surface area (Å²) < 4.78 is 0. The third kappa shape index (κ3) is 0.982. The summed E-state index contributed by atoms with van der Waals surface area (Å²) in [4.78, 5) is 0. The molecule has 0 aliphatic rings. The van der Waals surface area contributed by atoms with Crippen LogP contribution in [-0.4, -0.2) is 20.6 Å². The van der Waals surface area contributed by atoms with Gasteiger partial charge in [-0.3, -0.25) is 0 Å². The lowest BCUT2D eigenvalue weighted by molar-refractivity contribution is 0.640. The zero-order valence-electron chi connectivity index (χ0n) is 5.92. The molecule has 52 valence electrons. The number of rotatable bonds is 1. The van der Waals surface area contributed by atoms with Gasteiger partial charge >= 0.3 is 0 Å². The molecule has 10 heavy (non-hydrogen) atoms. The van der Waals surface area contributed by atoms with Gasteiger partial charge in [0.15, 0.2) is 5.82 Å². The third-order valence-corrected chi connectivity index (χ3v) is 1.27. The van der Waals surface area contributed by atoms with Gasteiger partial charge < -0.3 is 0 Å². The first-order valence-corrected chi connectivity index (χ1v) is 2.88. The molecule has 0 aliphatic heterocycles. The molecule has 1 rings (SSSR count). The zero-order valence-corrected chi connectivity index (χ0v) is 5.92. The van der Waals surface area contributed by atoms with Crippen molar-refractivity contribution in [2.45, 2.75) is 19.3 Å². The number of nitrogens with one attached hydrogen (secondary N) is 1. The van der Waals surface area contributed by atoms with Crippen LogP contribution in [0.2, 0.25) is 0 Å². The summed E-state index contributed by atoms with van der Waals surface area (Å²) in [5.74, 6) is 3.11. The van der Waals surface area contributed by atoms with Crippen LogP contribution in [0.4, 0.5) is 0 Å². The first-order valence-electron chi connectivity index (χ1n) is 2.88. The SMILES string of the molecule is C#CC(C)(C)c1nn[nH]n1. The van der Waals surface area contributed by atoms with Crippen LogP contribution in [0.1, 0.15) is 19.7 Å². The Hall–Kier alpha value is -1.37. The van der Waals surface area contributed by atoms with Crippen LogP contribution in [-0.2, 0) is 5.41 Å². The summed E-state index contributed by atoms with van der Waals surface area (Å²) in [7, 11) is 0. The van der Waals surface area contributed by atoms with Crippen LogP contribution in [0, 0.1) is 12.3 Å². The largest absolute Gasteiger partial charge is 0.191 e. The Morgan fingerprint density at radius 2 is 2.30 bits per heavy atom. The fraction of sp³-hybridized carbons (Fsp3) is 0.500. The summed E-state index contributed by atoms with van der Waals surface area (Å²) in [6.07, 6.45) is 5.23. The average Bonchev–Trinajstić information content (AvgIpc) is 2.38. The molecule has 0 aromatic carbocycles. The van der Waals surface area contributed by atoms with Gasteiger partial charge in [-0.2, -0.15) is 5.21 Å². The molecule has 0 spiro atoms. The molecule has 0 saturated carbocycles. The van der Waals surface area contributed by atoms with E-state index in [9.17, 15) is 0 Å². The number of aromatic nitrogens is 4. The Balaban J connectivity index is 2.99. The Bertz CT molecular complexity index is 241. The Kier molecular flexibility index (Phi) is 1.42. The summed E-state index contributed by atoms with van der Waals surface area (Å²) >= 11 is 0. The first kappa shape index (κ1) is 6.75. The van der Waals surface area contributed by atoms with E-state index < -0.39 is 5.41 Å². The van der Waals surface area contributed by atoms with Crippen molar-refractivity contribution >= 4 is 0 Å². The highest BCUT2D eigenvalue weighted by Crippen LogP contribution is 2.15. The maximum absolute atomic E-state index is 5.23. The van der Waals surface area contributed by atoms with Crippen molar-refractivity contribution in [3.05, 3.63) is 5.82 Å². The van der Waals surface area contributed by atoms with Gasteiger partial charge in [0.2, 0.25) is 0 Å². The molecule has 0 fully saturated rings. The van der Waals surface area contributed by atoms with E-state index in [-0.39, 0.29) is 0 Å². The van der Waals surface area contributed by atoms with E-state index in [4.69, 9.17) is 6.42 Å². The van der Waals surface area contributed by atoms with E-state index in [0.29, 0.717) is 5.82 Å². The van der Waals surface area contributed by atoms with Crippen LogP contribution < -0.4 is 0 Å². The Morgan fingerprint density at radius 3 is 2.70 bits per heavy atom. The van der Waals surface area contributed by atoms with E-state index in [0.717, 1.165) is 0 Å². The van der Waals surface area contributed by atoms with E-state index in [1.165, 1.54) is 0 Å². The van der Waals surface area contributed by atoms with E-state index >= 15 is 0 Å². The fourth-order valence-corrected chi connectivity index (χ4v) is 0.491.